The van der Waals surface area contributed by atoms with Crippen molar-refractivity contribution in [2.24, 2.45) is 5.92 Å². The summed E-state index contributed by atoms with van der Waals surface area (Å²) in [4.78, 5) is 11.6. The Morgan fingerprint density at radius 1 is 1.21 bits per heavy atom. The quantitative estimate of drug-likeness (QED) is 0.542. The lowest BCUT2D eigenvalue weighted by atomic mass is 9.90. The van der Waals surface area contributed by atoms with E-state index in [0.29, 0.717) is 12.6 Å². The van der Waals surface area contributed by atoms with Gasteiger partial charge in [-0.2, -0.15) is 0 Å². The summed E-state index contributed by atoms with van der Waals surface area (Å²) in [6.07, 6.45) is 9.76. The van der Waals surface area contributed by atoms with Crippen LogP contribution in [-0.2, 0) is 14.3 Å². The highest BCUT2D eigenvalue weighted by molar-refractivity contribution is 5.75. The summed E-state index contributed by atoms with van der Waals surface area (Å²) in [5.41, 5.74) is 0. The van der Waals surface area contributed by atoms with Crippen molar-refractivity contribution in [3.05, 3.63) is 0 Å². The average Bonchev–Trinajstić information content (AvgIpc) is 3.26. The Balaban J connectivity index is 1.59. The normalized spacial score (nSPS) is 22.2. The minimum absolute atomic E-state index is 0.159. The molecule has 0 amide bonds. The van der Waals surface area contributed by atoms with E-state index in [-0.39, 0.29) is 12.0 Å². The third-order valence-corrected chi connectivity index (χ3v) is 4.13. The molecule has 110 valence electrons. The topological polar surface area (TPSA) is 47.6 Å². The van der Waals surface area contributed by atoms with Gasteiger partial charge in [-0.05, 0) is 38.0 Å². The van der Waals surface area contributed by atoms with E-state index in [1.165, 1.54) is 52.1 Å². The SMILES string of the molecule is COC(=O)C(CCOCC1CCCCC1)NC1CC1. The number of hydrogen-bond acceptors (Lipinski definition) is 4. The Kier molecular flexibility index (Phi) is 6.11. The van der Waals surface area contributed by atoms with E-state index in [1.54, 1.807) is 0 Å². The maximum absolute atomic E-state index is 11.6. The molecule has 0 saturated heterocycles. The zero-order chi connectivity index (χ0) is 13.5. The molecule has 4 heteroatoms. The highest BCUT2D eigenvalue weighted by Crippen LogP contribution is 2.24. The fourth-order valence-corrected chi connectivity index (χ4v) is 2.75. The fourth-order valence-electron chi connectivity index (χ4n) is 2.75. The van der Waals surface area contributed by atoms with Crippen molar-refractivity contribution >= 4 is 5.97 Å². The first-order valence-electron chi connectivity index (χ1n) is 7.71. The summed E-state index contributed by atoms with van der Waals surface area (Å²) in [5, 5.41) is 3.33. The number of nitrogens with one attached hydrogen (secondary N) is 1. The molecule has 0 aromatic carbocycles. The molecule has 1 unspecified atom stereocenters. The summed E-state index contributed by atoms with van der Waals surface area (Å²) in [7, 11) is 1.45. The van der Waals surface area contributed by atoms with Crippen LogP contribution in [0.25, 0.3) is 0 Å². The lowest BCUT2D eigenvalue weighted by molar-refractivity contribution is -0.143. The first-order valence-corrected chi connectivity index (χ1v) is 7.71. The lowest BCUT2D eigenvalue weighted by Gasteiger charge is -2.22. The molecule has 0 spiro atoms. The maximum Gasteiger partial charge on any atom is 0.322 e. The Bertz CT molecular complexity index is 273. The van der Waals surface area contributed by atoms with Crippen LogP contribution in [0.3, 0.4) is 0 Å². The van der Waals surface area contributed by atoms with Crippen LogP contribution in [-0.4, -0.2) is 38.4 Å². The van der Waals surface area contributed by atoms with Gasteiger partial charge < -0.3 is 14.8 Å². The van der Waals surface area contributed by atoms with E-state index in [1.807, 2.05) is 0 Å². The second-order valence-corrected chi connectivity index (χ2v) is 5.88. The van der Waals surface area contributed by atoms with Gasteiger partial charge in [0, 0.05) is 19.3 Å². The van der Waals surface area contributed by atoms with Gasteiger partial charge in [-0.15, -0.1) is 0 Å². The molecule has 1 atom stereocenters. The average molecular weight is 269 g/mol. The number of methoxy groups -OCH3 is 1. The largest absolute Gasteiger partial charge is 0.468 e. The van der Waals surface area contributed by atoms with Crippen LogP contribution in [0.4, 0.5) is 0 Å². The second kappa shape index (κ2) is 7.85. The summed E-state index contributed by atoms with van der Waals surface area (Å²) in [5.74, 6) is 0.579. The van der Waals surface area contributed by atoms with Gasteiger partial charge >= 0.3 is 5.97 Å². The van der Waals surface area contributed by atoms with Crippen LogP contribution in [0.2, 0.25) is 0 Å². The molecule has 2 aliphatic carbocycles. The molecule has 1 N–H and O–H groups in total. The molecule has 0 aliphatic heterocycles. The highest BCUT2D eigenvalue weighted by Gasteiger charge is 2.28. The zero-order valence-corrected chi connectivity index (χ0v) is 12.0. The molecule has 0 aromatic heterocycles. The van der Waals surface area contributed by atoms with Gasteiger partial charge in [-0.25, -0.2) is 0 Å². The molecular weight excluding hydrogens is 242 g/mol. The number of hydrogen-bond donors (Lipinski definition) is 1. The van der Waals surface area contributed by atoms with Crippen molar-refractivity contribution in [2.45, 2.75) is 63.5 Å². The Hall–Kier alpha value is -0.610. The number of carbonyl (C=O) groups is 1. The third-order valence-electron chi connectivity index (χ3n) is 4.13. The molecule has 19 heavy (non-hydrogen) atoms. The van der Waals surface area contributed by atoms with E-state index in [2.05, 4.69) is 5.32 Å². The monoisotopic (exact) mass is 269 g/mol. The molecule has 2 fully saturated rings. The van der Waals surface area contributed by atoms with Crippen molar-refractivity contribution in [2.75, 3.05) is 20.3 Å². The summed E-state index contributed by atoms with van der Waals surface area (Å²) >= 11 is 0. The van der Waals surface area contributed by atoms with E-state index >= 15 is 0 Å². The van der Waals surface area contributed by atoms with Crippen LogP contribution in [0.15, 0.2) is 0 Å². The minimum atomic E-state index is -0.191. The van der Waals surface area contributed by atoms with Gasteiger partial charge in [0.25, 0.3) is 0 Å². The highest BCUT2D eigenvalue weighted by atomic mass is 16.5. The van der Waals surface area contributed by atoms with Crippen molar-refractivity contribution in [1.29, 1.82) is 0 Å². The van der Waals surface area contributed by atoms with Crippen LogP contribution in [0.5, 0.6) is 0 Å². The second-order valence-electron chi connectivity index (χ2n) is 5.88. The number of rotatable bonds is 8. The predicted octanol–water partition coefficient (Wildman–Crippen LogP) is 2.27. The summed E-state index contributed by atoms with van der Waals surface area (Å²) in [6, 6.07) is 0.325. The van der Waals surface area contributed by atoms with Gasteiger partial charge in [0.05, 0.1) is 7.11 Å². The van der Waals surface area contributed by atoms with Gasteiger partial charge in [0.15, 0.2) is 0 Å². The van der Waals surface area contributed by atoms with Crippen molar-refractivity contribution in [3.63, 3.8) is 0 Å². The van der Waals surface area contributed by atoms with Crippen molar-refractivity contribution in [1.82, 2.24) is 5.32 Å². The molecule has 4 nitrogen and oxygen atoms in total. The van der Waals surface area contributed by atoms with Gasteiger partial charge in [0.1, 0.15) is 6.04 Å². The molecular formula is C15H27NO3. The summed E-state index contributed by atoms with van der Waals surface area (Å²) in [6.45, 7) is 1.51. The Morgan fingerprint density at radius 3 is 2.58 bits per heavy atom. The number of esters is 1. The molecule has 0 heterocycles. The van der Waals surface area contributed by atoms with Gasteiger partial charge in [0.2, 0.25) is 0 Å². The predicted molar refractivity (Wildman–Crippen MR) is 74.0 cm³/mol. The Labute approximate surface area is 116 Å². The van der Waals surface area contributed by atoms with Crippen LogP contribution < -0.4 is 5.32 Å². The third kappa shape index (κ3) is 5.49. The fraction of sp³-hybridized carbons (Fsp3) is 0.933. The van der Waals surface area contributed by atoms with E-state index < -0.39 is 0 Å². The number of ether oxygens (including phenoxy) is 2. The Morgan fingerprint density at radius 2 is 1.95 bits per heavy atom. The van der Waals surface area contributed by atoms with Gasteiger partial charge in [-0.1, -0.05) is 19.3 Å². The standard InChI is InChI=1S/C15H27NO3/c1-18-15(17)14(16-13-7-8-13)9-10-19-11-12-5-3-2-4-6-12/h12-14,16H,2-11H2,1H3. The zero-order valence-electron chi connectivity index (χ0n) is 12.0. The first kappa shape index (κ1) is 14.8. The first-order chi connectivity index (χ1) is 9.29. The molecule has 2 saturated carbocycles. The van der Waals surface area contributed by atoms with E-state index in [4.69, 9.17) is 9.47 Å². The number of carbonyl (C=O) groups excluding carboxylic acids is 1. The molecule has 0 bridgehead atoms. The molecule has 2 aliphatic rings. The van der Waals surface area contributed by atoms with Crippen LogP contribution in [0.1, 0.15) is 51.4 Å². The van der Waals surface area contributed by atoms with Crippen LogP contribution >= 0.6 is 0 Å². The van der Waals surface area contributed by atoms with Crippen molar-refractivity contribution < 1.29 is 14.3 Å². The van der Waals surface area contributed by atoms with Crippen LogP contribution in [0, 0.1) is 5.92 Å². The molecule has 2 rings (SSSR count). The van der Waals surface area contributed by atoms with Crippen molar-refractivity contribution in [3.8, 4) is 0 Å². The van der Waals surface area contributed by atoms with E-state index in [0.717, 1.165) is 18.9 Å². The maximum atomic E-state index is 11.6. The molecule has 0 aromatic rings. The lowest BCUT2D eigenvalue weighted by Crippen LogP contribution is -2.40. The van der Waals surface area contributed by atoms with Gasteiger partial charge in [-0.3, -0.25) is 4.79 Å². The molecule has 0 radical (unpaired) electrons. The minimum Gasteiger partial charge on any atom is -0.468 e. The summed E-state index contributed by atoms with van der Waals surface area (Å²) < 4.78 is 10.6. The van der Waals surface area contributed by atoms with E-state index in [9.17, 15) is 4.79 Å². The smallest absolute Gasteiger partial charge is 0.322 e.